The van der Waals surface area contributed by atoms with Crippen molar-refractivity contribution in [3.8, 4) is 0 Å². The van der Waals surface area contributed by atoms with Crippen molar-refractivity contribution in [2.75, 3.05) is 0 Å². The van der Waals surface area contributed by atoms with E-state index in [0.29, 0.717) is 12.7 Å². The SMILES string of the molecule is CCC(C=O)C(O)O.[Cu]. The van der Waals surface area contributed by atoms with Crippen LogP contribution in [0.25, 0.3) is 0 Å². The van der Waals surface area contributed by atoms with E-state index in [1.165, 1.54) is 0 Å². The van der Waals surface area contributed by atoms with E-state index in [9.17, 15) is 4.79 Å². The van der Waals surface area contributed by atoms with Crippen LogP contribution in [0.2, 0.25) is 0 Å². The Bertz CT molecular complexity index is 74.6. The molecule has 9 heavy (non-hydrogen) atoms. The Morgan fingerprint density at radius 3 is 2.00 bits per heavy atom. The molecule has 4 heteroatoms. The molecule has 0 aromatic rings. The van der Waals surface area contributed by atoms with Gasteiger partial charge in [-0.25, -0.2) is 0 Å². The van der Waals surface area contributed by atoms with Gasteiger partial charge in [-0.2, -0.15) is 0 Å². The summed E-state index contributed by atoms with van der Waals surface area (Å²) in [6.07, 6.45) is -0.469. The molecule has 0 aromatic carbocycles. The van der Waals surface area contributed by atoms with Gasteiger partial charge in [0.2, 0.25) is 0 Å². The van der Waals surface area contributed by atoms with Crippen LogP contribution in [0.1, 0.15) is 13.3 Å². The van der Waals surface area contributed by atoms with E-state index in [-0.39, 0.29) is 17.1 Å². The summed E-state index contributed by atoms with van der Waals surface area (Å²) in [5, 5.41) is 16.7. The van der Waals surface area contributed by atoms with Crippen LogP contribution in [0, 0.1) is 5.92 Å². The Labute approximate surface area is 64.5 Å². The average molecular weight is 182 g/mol. The fourth-order valence-electron chi connectivity index (χ4n) is 0.377. The van der Waals surface area contributed by atoms with Gasteiger partial charge in [-0.05, 0) is 6.42 Å². The Kier molecular flexibility index (Phi) is 8.21. The smallest absolute Gasteiger partial charge is 0.160 e. The number of aliphatic hydroxyl groups excluding tert-OH is 1. The summed E-state index contributed by atoms with van der Waals surface area (Å²) in [5.41, 5.74) is 0. The molecule has 0 saturated carbocycles. The van der Waals surface area contributed by atoms with Crippen LogP contribution in [0.4, 0.5) is 0 Å². The standard InChI is InChI=1S/C5H10O3.Cu/c1-2-4(3-6)5(7)8;/h3-5,7-8H,2H2,1H3;. The van der Waals surface area contributed by atoms with Crippen LogP contribution in [-0.4, -0.2) is 22.8 Å². The summed E-state index contributed by atoms with van der Waals surface area (Å²) in [6, 6.07) is 0. The summed E-state index contributed by atoms with van der Waals surface area (Å²) in [5.74, 6) is -0.616. The summed E-state index contributed by atoms with van der Waals surface area (Å²) in [6.45, 7) is 1.72. The summed E-state index contributed by atoms with van der Waals surface area (Å²) < 4.78 is 0. The van der Waals surface area contributed by atoms with E-state index in [2.05, 4.69) is 0 Å². The van der Waals surface area contributed by atoms with Gasteiger partial charge in [0.1, 0.15) is 6.29 Å². The minimum absolute atomic E-state index is 0. The number of carbonyl (C=O) groups is 1. The van der Waals surface area contributed by atoms with Crippen molar-refractivity contribution < 1.29 is 32.1 Å². The molecule has 0 spiro atoms. The van der Waals surface area contributed by atoms with E-state index < -0.39 is 12.2 Å². The second-order valence-corrected chi connectivity index (χ2v) is 1.62. The van der Waals surface area contributed by atoms with Crippen molar-refractivity contribution in [1.29, 1.82) is 0 Å². The van der Waals surface area contributed by atoms with Gasteiger partial charge in [0.15, 0.2) is 6.29 Å². The molecule has 0 saturated heterocycles. The predicted octanol–water partition coefficient (Wildman–Crippen LogP) is -0.480. The minimum Gasteiger partial charge on any atom is -0.368 e. The topological polar surface area (TPSA) is 57.5 Å². The molecule has 0 aliphatic carbocycles. The number of aliphatic hydroxyl groups is 2. The molecule has 1 atom stereocenters. The number of aldehydes is 1. The van der Waals surface area contributed by atoms with Crippen LogP contribution in [0.3, 0.4) is 0 Å². The first-order valence-electron chi connectivity index (χ1n) is 2.53. The fourth-order valence-corrected chi connectivity index (χ4v) is 0.377. The molecule has 0 fully saturated rings. The Morgan fingerprint density at radius 2 is 2.00 bits per heavy atom. The summed E-state index contributed by atoms with van der Waals surface area (Å²) in [7, 11) is 0. The second-order valence-electron chi connectivity index (χ2n) is 1.62. The van der Waals surface area contributed by atoms with Gasteiger partial charge in [0.05, 0.1) is 5.92 Å². The van der Waals surface area contributed by atoms with Gasteiger partial charge in [-0.1, -0.05) is 6.92 Å². The predicted molar refractivity (Wildman–Crippen MR) is 28.1 cm³/mol. The van der Waals surface area contributed by atoms with Crippen molar-refractivity contribution in [3.05, 3.63) is 0 Å². The Balaban J connectivity index is 0. The van der Waals surface area contributed by atoms with Gasteiger partial charge in [0.25, 0.3) is 0 Å². The fraction of sp³-hybridized carbons (Fsp3) is 0.800. The van der Waals surface area contributed by atoms with E-state index in [1.807, 2.05) is 0 Å². The molecular formula is C5H10CuO3. The number of rotatable bonds is 3. The van der Waals surface area contributed by atoms with E-state index in [1.54, 1.807) is 6.92 Å². The Hall–Kier alpha value is 0.109. The molecule has 1 radical (unpaired) electrons. The van der Waals surface area contributed by atoms with Gasteiger partial charge >= 0.3 is 0 Å². The molecule has 0 bridgehead atoms. The van der Waals surface area contributed by atoms with Crippen molar-refractivity contribution in [3.63, 3.8) is 0 Å². The molecule has 1 unspecified atom stereocenters. The van der Waals surface area contributed by atoms with Gasteiger partial charge < -0.3 is 15.0 Å². The van der Waals surface area contributed by atoms with Crippen molar-refractivity contribution in [2.24, 2.45) is 5.92 Å². The maximum absolute atomic E-state index is 9.86. The first-order chi connectivity index (χ1) is 3.72. The van der Waals surface area contributed by atoms with Crippen molar-refractivity contribution in [2.45, 2.75) is 19.6 Å². The zero-order valence-corrected chi connectivity index (χ0v) is 5.98. The molecular weight excluding hydrogens is 172 g/mol. The van der Waals surface area contributed by atoms with Crippen LogP contribution in [0.5, 0.6) is 0 Å². The number of hydrogen-bond acceptors (Lipinski definition) is 3. The largest absolute Gasteiger partial charge is 0.368 e. The van der Waals surface area contributed by atoms with Gasteiger partial charge in [0, 0.05) is 17.1 Å². The molecule has 0 aliphatic rings. The van der Waals surface area contributed by atoms with Gasteiger partial charge in [-0.15, -0.1) is 0 Å². The van der Waals surface area contributed by atoms with Gasteiger partial charge in [-0.3, -0.25) is 0 Å². The van der Waals surface area contributed by atoms with E-state index >= 15 is 0 Å². The van der Waals surface area contributed by atoms with Crippen LogP contribution in [0.15, 0.2) is 0 Å². The zero-order valence-electron chi connectivity index (χ0n) is 5.04. The van der Waals surface area contributed by atoms with Crippen LogP contribution >= 0.6 is 0 Å². The maximum atomic E-state index is 9.86. The first-order valence-corrected chi connectivity index (χ1v) is 2.53. The number of hydrogen-bond donors (Lipinski definition) is 2. The van der Waals surface area contributed by atoms with E-state index in [4.69, 9.17) is 10.2 Å². The molecule has 0 rings (SSSR count). The monoisotopic (exact) mass is 181 g/mol. The third-order valence-corrected chi connectivity index (χ3v) is 1.03. The van der Waals surface area contributed by atoms with Crippen LogP contribution < -0.4 is 0 Å². The van der Waals surface area contributed by atoms with E-state index in [0.717, 1.165) is 0 Å². The van der Waals surface area contributed by atoms with Crippen LogP contribution in [-0.2, 0) is 21.9 Å². The summed E-state index contributed by atoms with van der Waals surface area (Å²) in [4.78, 5) is 9.86. The summed E-state index contributed by atoms with van der Waals surface area (Å²) >= 11 is 0. The molecule has 2 N–H and O–H groups in total. The molecule has 59 valence electrons. The molecule has 0 heterocycles. The third kappa shape index (κ3) is 4.60. The Morgan fingerprint density at radius 1 is 1.56 bits per heavy atom. The molecule has 0 amide bonds. The van der Waals surface area contributed by atoms with Crippen molar-refractivity contribution in [1.82, 2.24) is 0 Å². The molecule has 0 aliphatic heterocycles. The maximum Gasteiger partial charge on any atom is 0.160 e. The average Bonchev–Trinajstić information content (AvgIpc) is 1.69. The second kappa shape index (κ2) is 6.23. The zero-order chi connectivity index (χ0) is 6.57. The molecule has 0 aromatic heterocycles. The third-order valence-electron chi connectivity index (χ3n) is 1.03. The quantitative estimate of drug-likeness (QED) is 0.351. The normalized spacial score (nSPS) is 12.4. The molecule has 3 nitrogen and oxygen atoms in total. The first kappa shape index (κ1) is 11.9. The minimum atomic E-state index is -1.49. The number of carbonyl (C=O) groups excluding carboxylic acids is 1. The van der Waals surface area contributed by atoms with Crippen molar-refractivity contribution >= 4 is 6.29 Å².